The highest BCUT2D eigenvalue weighted by molar-refractivity contribution is 8.18. The fourth-order valence-electron chi connectivity index (χ4n) is 4.19. The second kappa shape index (κ2) is 8.95. The number of hydrogen-bond donors (Lipinski definition) is 0. The number of imide groups is 1. The van der Waals surface area contributed by atoms with Gasteiger partial charge in [-0.1, -0.05) is 12.1 Å². The van der Waals surface area contributed by atoms with Gasteiger partial charge in [0.2, 0.25) is 0 Å². The van der Waals surface area contributed by atoms with Crippen molar-refractivity contribution in [3.63, 3.8) is 0 Å². The first-order valence-corrected chi connectivity index (χ1v) is 11.7. The van der Waals surface area contributed by atoms with Gasteiger partial charge >= 0.3 is 0 Å². The summed E-state index contributed by atoms with van der Waals surface area (Å²) in [6, 6.07) is 13.5. The van der Waals surface area contributed by atoms with E-state index in [2.05, 4.69) is 4.57 Å². The molecule has 0 saturated carbocycles. The van der Waals surface area contributed by atoms with Gasteiger partial charge in [0.1, 0.15) is 13.2 Å². The van der Waals surface area contributed by atoms with Crippen LogP contribution in [0.25, 0.3) is 11.8 Å². The Kier molecular flexibility index (Phi) is 5.81. The van der Waals surface area contributed by atoms with Crippen LogP contribution in [0.2, 0.25) is 0 Å². The van der Waals surface area contributed by atoms with Crippen LogP contribution >= 0.6 is 11.8 Å². The van der Waals surface area contributed by atoms with Gasteiger partial charge in [-0.2, -0.15) is 0 Å². The summed E-state index contributed by atoms with van der Waals surface area (Å²) >= 11 is 0.887. The van der Waals surface area contributed by atoms with E-state index < -0.39 is 4.92 Å². The maximum Gasteiger partial charge on any atom is 0.293 e. The fourth-order valence-corrected chi connectivity index (χ4v) is 5.01. The Balaban J connectivity index is 1.39. The van der Waals surface area contributed by atoms with Gasteiger partial charge < -0.3 is 14.0 Å². The number of aromatic nitrogens is 1. The zero-order chi connectivity index (χ0) is 24.7. The molecule has 0 spiro atoms. The minimum atomic E-state index is -0.492. The summed E-state index contributed by atoms with van der Waals surface area (Å²) in [5, 5.41) is 10.5. The van der Waals surface area contributed by atoms with Crippen molar-refractivity contribution in [2.45, 2.75) is 20.4 Å². The molecule has 3 aromatic rings. The lowest BCUT2D eigenvalue weighted by atomic mass is 10.2. The van der Waals surface area contributed by atoms with Crippen molar-refractivity contribution in [3.05, 3.63) is 86.1 Å². The smallest absolute Gasteiger partial charge is 0.293 e. The molecule has 0 unspecified atom stereocenters. The second-order valence-electron chi connectivity index (χ2n) is 8.18. The van der Waals surface area contributed by atoms with E-state index in [4.69, 9.17) is 9.47 Å². The molecule has 9 nitrogen and oxygen atoms in total. The van der Waals surface area contributed by atoms with Crippen LogP contribution in [-0.2, 0) is 11.3 Å². The predicted octanol–water partition coefficient (Wildman–Crippen LogP) is 5.01. The minimum absolute atomic E-state index is 0.0452. The van der Waals surface area contributed by atoms with Gasteiger partial charge in [0.05, 0.1) is 16.4 Å². The van der Waals surface area contributed by atoms with Crippen molar-refractivity contribution in [3.8, 4) is 17.2 Å². The number of hydrogen-bond acceptors (Lipinski definition) is 7. The molecule has 2 aromatic carbocycles. The van der Waals surface area contributed by atoms with E-state index in [-0.39, 0.29) is 23.4 Å². The third-order valence-corrected chi connectivity index (χ3v) is 6.81. The molecule has 0 bridgehead atoms. The summed E-state index contributed by atoms with van der Waals surface area (Å²) in [5.74, 6) is 1.02. The molecule has 35 heavy (non-hydrogen) atoms. The summed E-state index contributed by atoms with van der Waals surface area (Å²) in [4.78, 5) is 37.4. The zero-order valence-corrected chi connectivity index (χ0v) is 19.8. The lowest BCUT2D eigenvalue weighted by Gasteiger charge is -2.20. The molecule has 2 aliphatic rings. The molecular weight excluding hydrogens is 470 g/mol. The number of ether oxygens (including phenoxy) is 2. The molecule has 1 saturated heterocycles. The van der Waals surface area contributed by atoms with Crippen LogP contribution in [0.3, 0.4) is 0 Å². The summed E-state index contributed by atoms with van der Waals surface area (Å²) in [6.07, 6.45) is 1.73. The van der Waals surface area contributed by atoms with Gasteiger partial charge in [-0.25, -0.2) is 0 Å². The number of amides is 2. The van der Waals surface area contributed by atoms with Crippen LogP contribution in [0.4, 0.5) is 10.5 Å². The van der Waals surface area contributed by atoms with Crippen LogP contribution < -0.4 is 9.47 Å². The van der Waals surface area contributed by atoms with E-state index in [0.717, 1.165) is 39.3 Å². The normalized spacial score (nSPS) is 16.3. The summed E-state index contributed by atoms with van der Waals surface area (Å²) in [5.41, 5.74) is 4.22. The summed E-state index contributed by atoms with van der Waals surface area (Å²) in [7, 11) is 0. The summed E-state index contributed by atoms with van der Waals surface area (Å²) in [6.45, 7) is 5.01. The van der Waals surface area contributed by atoms with Gasteiger partial charge in [0.25, 0.3) is 16.8 Å². The molecule has 3 heterocycles. The van der Waals surface area contributed by atoms with Gasteiger partial charge in [0, 0.05) is 35.3 Å². The van der Waals surface area contributed by atoms with Crippen molar-refractivity contribution < 1.29 is 24.0 Å². The Morgan fingerprint density at radius 3 is 2.46 bits per heavy atom. The molecule has 0 aliphatic carbocycles. The zero-order valence-electron chi connectivity index (χ0n) is 19.0. The number of nitro groups is 1. The Hall–Kier alpha value is -4.05. The molecular formula is C25H21N3O6S. The molecule has 2 amide bonds. The molecule has 1 aromatic heterocycles. The number of benzene rings is 2. The number of aryl methyl sites for hydroxylation is 1. The van der Waals surface area contributed by atoms with E-state index in [0.29, 0.717) is 35.2 Å². The molecule has 2 aliphatic heterocycles. The Bertz CT molecular complexity index is 1390. The van der Waals surface area contributed by atoms with Crippen LogP contribution in [0, 0.1) is 24.0 Å². The van der Waals surface area contributed by atoms with E-state index in [1.165, 1.54) is 12.1 Å². The van der Waals surface area contributed by atoms with Gasteiger partial charge in [-0.05, 0) is 61.0 Å². The number of carbonyl (C=O) groups excluding carboxylic acids is 2. The molecule has 1 fully saturated rings. The van der Waals surface area contributed by atoms with Crippen molar-refractivity contribution in [2.24, 2.45) is 0 Å². The molecule has 10 heteroatoms. The standard InChI is InChI=1S/C25H21N3O6S/c1-15-11-18(16(2)27(15)20-7-8-21-22(13-20)34-10-9-33-21)12-23-24(29)26(25(30)35-23)14-17-3-5-19(6-4-17)28(31)32/h3-8,11-13H,9-10,14H2,1-2H3/b23-12-. The van der Waals surface area contributed by atoms with E-state index in [1.54, 1.807) is 18.2 Å². The van der Waals surface area contributed by atoms with Crippen LogP contribution in [-0.4, -0.2) is 38.8 Å². The average molecular weight is 492 g/mol. The Morgan fingerprint density at radius 2 is 1.74 bits per heavy atom. The quantitative estimate of drug-likeness (QED) is 0.281. The molecule has 178 valence electrons. The first-order valence-electron chi connectivity index (χ1n) is 10.9. The number of rotatable bonds is 5. The van der Waals surface area contributed by atoms with Gasteiger partial charge in [-0.3, -0.25) is 24.6 Å². The van der Waals surface area contributed by atoms with Crippen LogP contribution in [0.15, 0.2) is 53.4 Å². The Labute approximate surface area is 205 Å². The van der Waals surface area contributed by atoms with E-state index in [1.807, 2.05) is 38.1 Å². The van der Waals surface area contributed by atoms with Crippen molar-refractivity contribution >= 4 is 34.7 Å². The highest BCUT2D eigenvalue weighted by atomic mass is 32.2. The number of thioether (sulfide) groups is 1. The number of nitrogens with zero attached hydrogens (tertiary/aromatic N) is 3. The van der Waals surface area contributed by atoms with Gasteiger partial charge in [0.15, 0.2) is 11.5 Å². The van der Waals surface area contributed by atoms with Crippen molar-refractivity contribution in [1.82, 2.24) is 9.47 Å². The average Bonchev–Trinajstić information content (AvgIpc) is 3.28. The Morgan fingerprint density at radius 1 is 1.03 bits per heavy atom. The molecule has 0 N–H and O–H groups in total. The number of non-ortho nitro benzene ring substituents is 1. The number of fused-ring (bicyclic) bond motifs is 1. The largest absolute Gasteiger partial charge is 0.486 e. The third kappa shape index (κ3) is 4.28. The predicted molar refractivity (Wildman–Crippen MR) is 131 cm³/mol. The van der Waals surface area contributed by atoms with Crippen LogP contribution in [0.5, 0.6) is 11.5 Å². The van der Waals surface area contributed by atoms with Crippen LogP contribution in [0.1, 0.15) is 22.5 Å². The number of carbonyl (C=O) groups is 2. The lowest BCUT2D eigenvalue weighted by molar-refractivity contribution is -0.384. The topological polar surface area (TPSA) is 104 Å². The van der Waals surface area contributed by atoms with Crippen molar-refractivity contribution in [2.75, 3.05) is 13.2 Å². The van der Waals surface area contributed by atoms with E-state index >= 15 is 0 Å². The minimum Gasteiger partial charge on any atom is -0.486 e. The van der Waals surface area contributed by atoms with Gasteiger partial charge in [-0.15, -0.1) is 0 Å². The maximum atomic E-state index is 13.0. The molecule has 0 radical (unpaired) electrons. The first kappa shape index (κ1) is 22.7. The van der Waals surface area contributed by atoms with Crippen molar-refractivity contribution in [1.29, 1.82) is 0 Å². The molecule has 5 rings (SSSR count). The SMILES string of the molecule is Cc1cc(/C=C2\SC(=O)N(Cc3ccc([N+](=O)[O-])cc3)C2=O)c(C)n1-c1ccc2c(c1)OCCO2. The third-order valence-electron chi connectivity index (χ3n) is 5.90. The highest BCUT2D eigenvalue weighted by Crippen LogP contribution is 2.36. The second-order valence-corrected chi connectivity index (χ2v) is 9.17. The number of nitro benzene ring substituents is 1. The highest BCUT2D eigenvalue weighted by Gasteiger charge is 2.35. The van der Waals surface area contributed by atoms with E-state index in [9.17, 15) is 19.7 Å². The first-order chi connectivity index (χ1) is 16.8. The lowest BCUT2D eigenvalue weighted by Crippen LogP contribution is -2.27. The molecule has 0 atom stereocenters. The summed E-state index contributed by atoms with van der Waals surface area (Å²) < 4.78 is 13.4. The fraction of sp³-hybridized carbons (Fsp3) is 0.200. The maximum absolute atomic E-state index is 13.0. The monoisotopic (exact) mass is 491 g/mol.